The fourth-order valence-electron chi connectivity index (χ4n) is 8.99. The Balaban J connectivity index is 2.61. The van der Waals surface area contributed by atoms with Crippen LogP contribution in [0.25, 0.3) is 0 Å². The number of aliphatic hydroxyl groups excluding tert-OH is 2. The van der Waals surface area contributed by atoms with Crippen LogP contribution >= 0.6 is 0 Å². The van der Waals surface area contributed by atoms with Crippen LogP contribution in [0.1, 0.15) is 167 Å². The highest BCUT2D eigenvalue weighted by Gasteiger charge is 2.34. The monoisotopic (exact) mass is 1280 g/mol. The number of ether oxygens (including phenoxy) is 2. The number of amides is 9. The lowest BCUT2D eigenvalue weighted by Crippen LogP contribution is -2.61. The molecule has 90 heavy (non-hydrogen) atoms. The molecular formula is C58H97N11O21. The van der Waals surface area contributed by atoms with Crippen molar-refractivity contribution in [1.29, 1.82) is 0 Å². The maximum atomic E-state index is 13.6. The average molecular weight is 1280 g/mol. The number of carbonyl (C=O) groups excluding carboxylic acids is 9. The number of aliphatic hydroxyl groups is 2. The van der Waals surface area contributed by atoms with E-state index in [1.54, 1.807) is 12.3 Å². The number of unbranched alkanes of at least 4 members (excludes halogenated alkanes) is 13. The third-order valence-corrected chi connectivity index (χ3v) is 14.1. The number of hydrogen-bond acceptors (Lipinski definition) is 19. The minimum absolute atomic E-state index is 0.0468. The lowest BCUT2D eigenvalue weighted by atomic mass is 10.0. The highest BCUT2D eigenvalue weighted by molar-refractivity contribution is 5.97. The zero-order chi connectivity index (χ0) is 67.1. The van der Waals surface area contributed by atoms with Crippen LogP contribution in [0.5, 0.6) is 0 Å². The minimum atomic E-state index is -1.96. The van der Waals surface area contributed by atoms with E-state index >= 15 is 0 Å². The molecule has 0 bridgehead atoms. The number of primary amides is 1. The van der Waals surface area contributed by atoms with Crippen molar-refractivity contribution in [3.05, 3.63) is 11.8 Å². The Hall–Kier alpha value is -7.68. The standard InChI is InChI=1S/C58H97N11O21/c1-60-43(34-38-18-17-29-61-38)56(86)66-41(23-26-50(78)79)54(84)65-42(24-27-51(80)81)55(85)68-45(36-71)58(88)69-44(35-70)57(87)67-40(22-25-49(76)77)53(83)64-39(52(59)82)19-15-16-28-62-47(73)37-90-33-32-89-31-30-63-46(72)20-13-11-9-7-5-3-2-4-6-8-10-12-14-21-48(74)75/h18,29,39-45,60,70-71H,2-17,19-28,30-37H2,1H3,(H2,59,82)(H,62,73)(H,63,72)(H,64,83)(H,65,84)(H,66,86)(H,67,87)(H,68,85)(H,69,88)(H,74,75)(H,76,77)(H,78,79)(H,80,81)/t39-,40-,41-,42-,43-,44-,45-/m0/s1. The van der Waals surface area contributed by atoms with Crippen LogP contribution in [-0.2, 0) is 71.8 Å². The van der Waals surface area contributed by atoms with Crippen LogP contribution in [0.15, 0.2) is 16.8 Å². The number of allylic oxidation sites excluding steroid dienone is 1. The van der Waals surface area contributed by atoms with Gasteiger partial charge >= 0.3 is 23.9 Å². The van der Waals surface area contributed by atoms with Gasteiger partial charge in [0.25, 0.3) is 0 Å². The molecule has 7 atom stereocenters. The van der Waals surface area contributed by atoms with Gasteiger partial charge in [0.15, 0.2) is 0 Å². The van der Waals surface area contributed by atoms with E-state index in [-0.39, 0.29) is 64.6 Å². The zero-order valence-electron chi connectivity index (χ0n) is 51.6. The van der Waals surface area contributed by atoms with E-state index < -0.39 is 165 Å². The molecule has 0 radical (unpaired) electrons. The Morgan fingerprint density at radius 3 is 1.24 bits per heavy atom. The van der Waals surface area contributed by atoms with Crippen molar-refractivity contribution in [1.82, 2.24) is 47.9 Å². The first-order valence-electron chi connectivity index (χ1n) is 30.8. The number of likely N-dealkylation sites (N-methyl/N-ethyl adjacent to an activating group) is 1. The van der Waals surface area contributed by atoms with E-state index in [0.29, 0.717) is 31.5 Å². The van der Waals surface area contributed by atoms with E-state index in [0.717, 1.165) is 51.4 Å². The Bertz CT molecular complexity index is 2340. The molecule has 510 valence electrons. The Morgan fingerprint density at radius 2 is 0.833 bits per heavy atom. The molecule has 17 N–H and O–H groups in total. The first-order valence-corrected chi connectivity index (χ1v) is 30.8. The van der Waals surface area contributed by atoms with Gasteiger partial charge in [0, 0.05) is 69.9 Å². The minimum Gasteiger partial charge on any atom is -0.481 e. The van der Waals surface area contributed by atoms with E-state index in [4.69, 9.17) is 20.3 Å². The zero-order valence-corrected chi connectivity index (χ0v) is 51.6. The molecule has 0 aromatic heterocycles. The molecule has 9 amide bonds. The summed E-state index contributed by atoms with van der Waals surface area (Å²) >= 11 is 0. The average Bonchev–Trinajstić information content (AvgIpc) is 1.64. The van der Waals surface area contributed by atoms with Gasteiger partial charge in [0.2, 0.25) is 53.2 Å². The fraction of sp³-hybridized carbons (Fsp3) is 0.724. The molecule has 1 rings (SSSR count). The highest BCUT2D eigenvalue weighted by Crippen LogP contribution is 2.16. The number of hydrogen-bond donors (Lipinski definition) is 16. The van der Waals surface area contributed by atoms with Crippen molar-refractivity contribution in [2.24, 2.45) is 10.7 Å². The fourth-order valence-corrected chi connectivity index (χ4v) is 8.99. The van der Waals surface area contributed by atoms with Crippen LogP contribution in [0.4, 0.5) is 0 Å². The summed E-state index contributed by atoms with van der Waals surface area (Å²) in [7, 11) is 1.46. The Labute approximate surface area is 523 Å². The Morgan fingerprint density at radius 1 is 0.444 bits per heavy atom. The second-order valence-corrected chi connectivity index (χ2v) is 21.6. The van der Waals surface area contributed by atoms with Crippen LogP contribution in [-0.4, -0.2) is 216 Å². The number of nitrogens with one attached hydrogen (secondary N) is 9. The van der Waals surface area contributed by atoms with Crippen molar-refractivity contribution in [2.45, 2.75) is 209 Å². The van der Waals surface area contributed by atoms with Gasteiger partial charge in [-0.1, -0.05) is 76.7 Å². The van der Waals surface area contributed by atoms with Crippen molar-refractivity contribution in [3.63, 3.8) is 0 Å². The molecule has 0 aliphatic carbocycles. The molecule has 0 saturated carbocycles. The van der Waals surface area contributed by atoms with Gasteiger partial charge < -0.3 is 93.7 Å². The largest absolute Gasteiger partial charge is 0.481 e. The van der Waals surface area contributed by atoms with Gasteiger partial charge in [0.1, 0.15) is 42.9 Å². The molecule has 32 heteroatoms. The van der Waals surface area contributed by atoms with Gasteiger partial charge in [-0.3, -0.25) is 67.3 Å². The number of carboxylic acids is 4. The molecule has 0 aromatic carbocycles. The SMILES string of the molecule is CN[C@@H](CC1=CCC=N1)C(=O)N[C@@H](CCC(=O)O)C(=O)N[C@@H](CCC(=O)O)C(=O)N[C@@H](CO)C(=O)N[C@@H](CO)C(=O)N[C@@H](CCC(=O)O)C(=O)N[C@@H](CCCCNC(=O)COCCOCCNC(=O)CCCCCCCCCCCCCCCC(=O)O)C(N)=O. The number of aliphatic imine (C=N–C) groups is 1. The van der Waals surface area contributed by atoms with E-state index in [1.807, 2.05) is 0 Å². The van der Waals surface area contributed by atoms with E-state index in [2.05, 4.69) is 52.8 Å². The van der Waals surface area contributed by atoms with Crippen LogP contribution < -0.4 is 53.6 Å². The Kier molecular flexibility index (Phi) is 43.9. The molecule has 1 aliphatic rings. The summed E-state index contributed by atoms with van der Waals surface area (Å²) in [6.07, 6.45) is 15.5. The first-order chi connectivity index (χ1) is 43.0. The molecule has 1 aliphatic heterocycles. The second kappa shape index (κ2) is 49.1. The molecular weight excluding hydrogens is 1190 g/mol. The number of nitrogens with zero attached hydrogens (tertiary/aromatic N) is 1. The number of carbonyl (C=O) groups is 13. The van der Waals surface area contributed by atoms with Crippen LogP contribution in [0, 0.1) is 0 Å². The number of carboxylic acid groups (broad SMARTS) is 4. The van der Waals surface area contributed by atoms with E-state index in [1.165, 1.54) is 39.2 Å². The maximum absolute atomic E-state index is 13.6. The smallest absolute Gasteiger partial charge is 0.303 e. The summed E-state index contributed by atoms with van der Waals surface area (Å²) in [5, 5.41) is 78.6. The molecule has 0 unspecified atom stereocenters. The van der Waals surface area contributed by atoms with Gasteiger partial charge in [-0.25, -0.2) is 0 Å². The number of aliphatic carboxylic acids is 4. The predicted molar refractivity (Wildman–Crippen MR) is 323 cm³/mol. The quantitative estimate of drug-likeness (QED) is 0.0314. The molecule has 0 fully saturated rings. The van der Waals surface area contributed by atoms with Crippen LogP contribution in [0.2, 0.25) is 0 Å². The lowest BCUT2D eigenvalue weighted by Gasteiger charge is -2.26. The van der Waals surface area contributed by atoms with Crippen molar-refractivity contribution in [3.8, 4) is 0 Å². The third kappa shape index (κ3) is 39.4. The van der Waals surface area contributed by atoms with Crippen molar-refractivity contribution >= 4 is 83.3 Å². The second-order valence-electron chi connectivity index (χ2n) is 21.6. The van der Waals surface area contributed by atoms with Crippen molar-refractivity contribution in [2.75, 3.05) is 59.8 Å². The maximum Gasteiger partial charge on any atom is 0.303 e. The normalized spacial score (nSPS) is 14.0. The molecule has 32 nitrogen and oxygen atoms in total. The molecule has 0 aromatic rings. The van der Waals surface area contributed by atoms with Gasteiger partial charge in [-0.2, -0.15) is 0 Å². The summed E-state index contributed by atoms with van der Waals surface area (Å²) in [4.78, 5) is 167. The van der Waals surface area contributed by atoms with Crippen LogP contribution in [0.3, 0.4) is 0 Å². The lowest BCUT2D eigenvalue weighted by molar-refractivity contribution is -0.140. The molecule has 0 spiro atoms. The highest BCUT2D eigenvalue weighted by atomic mass is 16.5. The number of rotatable bonds is 56. The molecule has 1 heterocycles. The van der Waals surface area contributed by atoms with E-state index in [9.17, 15) is 87.9 Å². The predicted octanol–water partition coefficient (Wildman–Crippen LogP) is -1.33. The topological polar surface area (TPSA) is 508 Å². The van der Waals surface area contributed by atoms with Gasteiger partial charge in [-0.15, -0.1) is 0 Å². The summed E-state index contributed by atoms with van der Waals surface area (Å²) < 4.78 is 10.8. The summed E-state index contributed by atoms with van der Waals surface area (Å²) in [5.74, 6) is -13.2. The molecule has 0 saturated heterocycles. The van der Waals surface area contributed by atoms with Gasteiger partial charge in [0.05, 0.1) is 39.1 Å². The third-order valence-electron chi connectivity index (χ3n) is 14.1. The van der Waals surface area contributed by atoms with Crippen molar-refractivity contribution < 1.29 is 102 Å². The summed E-state index contributed by atoms with van der Waals surface area (Å²) in [5.41, 5.74) is 6.11. The summed E-state index contributed by atoms with van der Waals surface area (Å²) in [6.45, 7) is -1.63. The van der Waals surface area contributed by atoms with Gasteiger partial charge in [-0.05, 0) is 58.4 Å². The first kappa shape index (κ1) is 80.3. The number of nitrogens with two attached hydrogens (primary N) is 1. The summed E-state index contributed by atoms with van der Waals surface area (Å²) in [6, 6.07) is -11.3.